The molecule has 0 fully saturated rings. The molecule has 0 aliphatic carbocycles. The van der Waals surface area contributed by atoms with Crippen LogP contribution in [0.5, 0.6) is 0 Å². The number of aromatic nitrogens is 1. The molecule has 0 saturated carbocycles. The molecule has 0 unspecified atom stereocenters. The number of nitrogens with zero attached hydrogens (tertiary/aromatic N) is 2. The van der Waals surface area contributed by atoms with Crippen LogP contribution in [0, 0.1) is 0 Å². The van der Waals surface area contributed by atoms with Gasteiger partial charge in [0.2, 0.25) is 0 Å². The van der Waals surface area contributed by atoms with Crippen LogP contribution in [0.2, 0.25) is 0 Å². The Hall–Kier alpha value is -4.39. The summed E-state index contributed by atoms with van der Waals surface area (Å²) in [5, 5.41) is 2.94. The Labute approximate surface area is 206 Å². The van der Waals surface area contributed by atoms with E-state index in [1.165, 1.54) is 12.1 Å². The van der Waals surface area contributed by atoms with E-state index < -0.39 is 11.7 Å². The Morgan fingerprint density at radius 2 is 1.72 bits per heavy atom. The predicted molar refractivity (Wildman–Crippen MR) is 136 cm³/mol. The van der Waals surface area contributed by atoms with Gasteiger partial charge in [0.15, 0.2) is 0 Å². The molecule has 0 bridgehead atoms. The minimum atomic E-state index is -4.41. The van der Waals surface area contributed by atoms with E-state index in [1.54, 1.807) is 30.5 Å². The Balaban J connectivity index is 1.33. The fourth-order valence-electron chi connectivity index (χ4n) is 4.27. The summed E-state index contributed by atoms with van der Waals surface area (Å²) in [5.41, 5.74) is 4.50. The van der Waals surface area contributed by atoms with Crippen molar-refractivity contribution >= 4 is 23.4 Å². The highest BCUT2D eigenvalue weighted by Crippen LogP contribution is 2.33. The highest BCUT2D eigenvalue weighted by molar-refractivity contribution is 6.08. The van der Waals surface area contributed by atoms with Gasteiger partial charge in [0, 0.05) is 35.9 Å². The number of halogens is 3. The van der Waals surface area contributed by atoms with Crippen molar-refractivity contribution in [3.05, 3.63) is 120 Å². The Morgan fingerprint density at radius 1 is 0.944 bits per heavy atom. The van der Waals surface area contributed by atoms with E-state index in [0.29, 0.717) is 22.4 Å². The first-order valence-electron chi connectivity index (χ1n) is 11.5. The number of anilines is 2. The molecular weight excluding hydrogens is 463 g/mol. The zero-order chi connectivity index (χ0) is 25.1. The molecule has 1 N–H and O–H groups in total. The maximum Gasteiger partial charge on any atom is 0.416 e. The molecule has 1 amide bonds. The van der Waals surface area contributed by atoms with Crippen LogP contribution >= 0.6 is 0 Å². The van der Waals surface area contributed by atoms with Gasteiger partial charge in [-0.15, -0.1) is 0 Å². The average molecular weight is 486 g/mol. The molecule has 4 nitrogen and oxygen atoms in total. The summed E-state index contributed by atoms with van der Waals surface area (Å²) in [6, 6.07) is 23.3. The molecule has 0 radical (unpaired) electrons. The molecule has 36 heavy (non-hydrogen) atoms. The second-order valence-electron chi connectivity index (χ2n) is 8.43. The minimum absolute atomic E-state index is 0.324. The van der Waals surface area contributed by atoms with Gasteiger partial charge < -0.3 is 10.2 Å². The second kappa shape index (κ2) is 9.70. The topological polar surface area (TPSA) is 45.2 Å². The first-order valence-corrected chi connectivity index (χ1v) is 11.5. The zero-order valence-corrected chi connectivity index (χ0v) is 19.2. The fraction of sp³-hybridized carbons (Fsp3) is 0.103. The number of fused-ring (bicyclic) bond motifs is 1. The van der Waals surface area contributed by atoms with Gasteiger partial charge in [-0.3, -0.25) is 9.78 Å². The summed E-state index contributed by atoms with van der Waals surface area (Å²) in [4.78, 5) is 19.6. The van der Waals surface area contributed by atoms with Crippen molar-refractivity contribution in [2.45, 2.75) is 12.6 Å². The van der Waals surface area contributed by atoms with Crippen LogP contribution < -0.4 is 10.2 Å². The highest BCUT2D eigenvalue weighted by atomic mass is 19.4. The van der Waals surface area contributed by atoms with Crippen LogP contribution in [0.25, 0.3) is 17.2 Å². The Morgan fingerprint density at radius 3 is 2.47 bits per heavy atom. The number of nitrogens with one attached hydrogen (secondary N) is 1. The molecule has 0 atom stereocenters. The number of benzene rings is 3. The number of alkyl halides is 3. The number of hydrogen-bond donors (Lipinski definition) is 1. The lowest BCUT2D eigenvalue weighted by Crippen LogP contribution is -2.13. The van der Waals surface area contributed by atoms with Gasteiger partial charge in [-0.05, 0) is 77.7 Å². The van der Waals surface area contributed by atoms with Crippen molar-refractivity contribution < 1.29 is 18.0 Å². The normalized spacial score (nSPS) is 13.1. The predicted octanol–water partition coefficient (Wildman–Crippen LogP) is 7.05. The Bertz CT molecular complexity index is 1410. The lowest BCUT2D eigenvalue weighted by atomic mass is 9.98. The molecule has 1 aliphatic heterocycles. The summed E-state index contributed by atoms with van der Waals surface area (Å²) in [6.45, 7) is 0.826. The third-order valence-corrected chi connectivity index (χ3v) is 6.08. The molecule has 3 aromatic carbocycles. The van der Waals surface area contributed by atoms with E-state index in [0.717, 1.165) is 42.0 Å². The molecule has 1 aromatic heterocycles. The van der Waals surface area contributed by atoms with E-state index in [9.17, 15) is 18.0 Å². The minimum Gasteiger partial charge on any atom is -0.347 e. The van der Waals surface area contributed by atoms with Crippen LogP contribution in [0.15, 0.2) is 97.3 Å². The molecule has 7 heteroatoms. The van der Waals surface area contributed by atoms with Gasteiger partial charge >= 0.3 is 6.18 Å². The summed E-state index contributed by atoms with van der Waals surface area (Å²) in [7, 11) is 0. The van der Waals surface area contributed by atoms with Crippen LogP contribution in [-0.4, -0.2) is 17.4 Å². The molecule has 0 saturated heterocycles. The van der Waals surface area contributed by atoms with Gasteiger partial charge in [0.1, 0.15) is 0 Å². The van der Waals surface area contributed by atoms with E-state index in [-0.39, 0.29) is 5.91 Å². The lowest BCUT2D eigenvalue weighted by molar-refractivity contribution is -0.137. The van der Waals surface area contributed by atoms with Crippen molar-refractivity contribution in [2.24, 2.45) is 0 Å². The highest BCUT2D eigenvalue weighted by Gasteiger charge is 2.30. The van der Waals surface area contributed by atoms with Gasteiger partial charge in [-0.25, -0.2) is 0 Å². The van der Waals surface area contributed by atoms with Gasteiger partial charge in [0.05, 0.1) is 11.3 Å². The fourth-order valence-corrected chi connectivity index (χ4v) is 4.27. The molecular formula is C29H22F3N3O. The van der Waals surface area contributed by atoms with Crippen molar-refractivity contribution in [1.82, 2.24) is 4.98 Å². The van der Waals surface area contributed by atoms with E-state index >= 15 is 0 Å². The standard InChI is InChI=1S/C29H22F3N3O/c30-29(31,32)22-10-8-20(9-11-22)25-6-1-2-7-26(25)28(36)34-24-12-13-27-21(19-24)14-17-35(27)18-15-23-5-3-4-16-33-23/h1-13,15-16,18-19H,14,17H2,(H,34,36). The second-order valence-corrected chi connectivity index (χ2v) is 8.43. The van der Waals surface area contributed by atoms with E-state index in [4.69, 9.17) is 0 Å². The SMILES string of the molecule is O=C(Nc1ccc2c(c1)CCN2C=Cc1ccccn1)c1ccccc1-c1ccc(C(F)(F)F)cc1. The number of pyridine rings is 1. The molecule has 5 rings (SSSR count). The van der Waals surface area contributed by atoms with E-state index in [2.05, 4.69) is 15.2 Å². The van der Waals surface area contributed by atoms with Crippen molar-refractivity contribution in [3.8, 4) is 11.1 Å². The van der Waals surface area contributed by atoms with Gasteiger partial charge in [0.25, 0.3) is 5.91 Å². The lowest BCUT2D eigenvalue weighted by Gasteiger charge is -2.15. The van der Waals surface area contributed by atoms with Gasteiger partial charge in [-0.1, -0.05) is 36.4 Å². The quantitative estimate of drug-likeness (QED) is 0.329. The summed E-state index contributed by atoms with van der Waals surface area (Å²) >= 11 is 0. The first kappa shape index (κ1) is 23.4. The third-order valence-electron chi connectivity index (χ3n) is 6.08. The number of hydrogen-bond acceptors (Lipinski definition) is 3. The molecule has 1 aliphatic rings. The van der Waals surface area contributed by atoms with Crippen molar-refractivity contribution in [3.63, 3.8) is 0 Å². The average Bonchev–Trinajstić information content (AvgIpc) is 3.30. The number of carbonyl (C=O) groups is 1. The Kier molecular flexibility index (Phi) is 6.29. The molecule has 2 heterocycles. The largest absolute Gasteiger partial charge is 0.416 e. The third kappa shape index (κ3) is 5.00. The van der Waals surface area contributed by atoms with Crippen LogP contribution in [-0.2, 0) is 12.6 Å². The van der Waals surface area contributed by atoms with Crippen molar-refractivity contribution in [2.75, 3.05) is 16.8 Å². The molecule has 0 spiro atoms. The van der Waals surface area contributed by atoms with Gasteiger partial charge in [-0.2, -0.15) is 13.2 Å². The van der Waals surface area contributed by atoms with Crippen molar-refractivity contribution in [1.29, 1.82) is 0 Å². The summed E-state index contributed by atoms with van der Waals surface area (Å²) < 4.78 is 38.8. The molecule has 180 valence electrons. The maximum atomic E-state index is 13.1. The number of amides is 1. The number of rotatable bonds is 5. The first-order chi connectivity index (χ1) is 17.4. The van der Waals surface area contributed by atoms with Crippen LogP contribution in [0.3, 0.4) is 0 Å². The summed E-state index contributed by atoms with van der Waals surface area (Å²) in [6.07, 6.45) is 2.15. The van der Waals surface area contributed by atoms with Crippen LogP contribution in [0.4, 0.5) is 24.5 Å². The zero-order valence-electron chi connectivity index (χ0n) is 19.2. The summed E-state index contributed by atoms with van der Waals surface area (Å²) in [5.74, 6) is -0.324. The maximum absolute atomic E-state index is 13.1. The monoisotopic (exact) mass is 485 g/mol. The van der Waals surface area contributed by atoms with Crippen LogP contribution in [0.1, 0.15) is 27.2 Å². The van der Waals surface area contributed by atoms with E-state index in [1.807, 2.05) is 48.7 Å². The smallest absolute Gasteiger partial charge is 0.347 e. The number of carbonyl (C=O) groups excluding carboxylic acids is 1. The molecule has 4 aromatic rings.